The number of nitrogens with one attached hydrogen (secondary N) is 2. The first-order chi connectivity index (χ1) is 9.56. The number of hydrogen-bond donors (Lipinski definition) is 2. The van der Waals surface area contributed by atoms with Crippen LogP contribution in [-0.2, 0) is 6.42 Å². The number of benzene rings is 1. The molecule has 0 atom stereocenters. The summed E-state index contributed by atoms with van der Waals surface area (Å²) < 4.78 is 0. The molecule has 20 heavy (non-hydrogen) atoms. The summed E-state index contributed by atoms with van der Waals surface area (Å²) in [5.41, 5.74) is -0.0580. The second-order valence-electron chi connectivity index (χ2n) is 4.00. The number of H-pyrrole nitrogens is 1. The highest BCUT2D eigenvalue weighted by molar-refractivity contribution is 6.31. The van der Waals surface area contributed by atoms with E-state index in [9.17, 15) is 14.9 Å². The number of carbonyl (C=O) groups is 1. The van der Waals surface area contributed by atoms with Gasteiger partial charge in [-0.1, -0.05) is 11.6 Å². The largest absolute Gasteiger partial charge is 0.352 e. The number of aromatic nitrogens is 2. The van der Waals surface area contributed by atoms with E-state index in [-0.39, 0.29) is 16.3 Å². The van der Waals surface area contributed by atoms with Gasteiger partial charge in [-0.2, -0.15) is 0 Å². The molecule has 2 N–H and O–H groups in total. The fourth-order valence-corrected chi connectivity index (χ4v) is 1.87. The van der Waals surface area contributed by atoms with Gasteiger partial charge in [-0.3, -0.25) is 14.9 Å². The van der Waals surface area contributed by atoms with Crippen LogP contribution in [0.15, 0.2) is 30.6 Å². The van der Waals surface area contributed by atoms with Crippen LogP contribution in [-0.4, -0.2) is 27.3 Å². The smallest absolute Gasteiger partial charge is 0.271 e. The lowest BCUT2D eigenvalue weighted by molar-refractivity contribution is -0.384. The van der Waals surface area contributed by atoms with Gasteiger partial charge in [0.15, 0.2) is 0 Å². The molecule has 1 amide bonds. The summed E-state index contributed by atoms with van der Waals surface area (Å²) in [5, 5.41) is 13.5. The van der Waals surface area contributed by atoms with E-state index in [2.05, 4.69) is 15.3 Å². The summed E-state index contributed by atoms with van der Waals surface area (Å²) in [6, 6.07) is 3.77. The van der Waals surface area contributed by atoms with Crippen LogP contribution >= 0.6 is 11.6 Å². The lowest BCUT2D eigenvalue weighted by Crippen LogP contribution is -2.26. The third kappa shape index (κ3) is 3.55. The predicted octanol–water partition coefficient (Wildman–Crippen LogP) is 1.94. The van der Waals surface area contributed by atoms with Gasteiger partial charge in [-0.25, -0.2) is 4.98 Å². The Bertz CT molecular complexity index is 628. The summed E-state index contributed by atoms with van der Waals surface area (Å²) in [5.74, 6) is 0.338. The van der Waals surface area contributed by atoms with Crippen LogP contribution in [0.5, 0.6) is 0 Å². The average molecular weight is 295 g/mol. The minimum atomic E-state index is -0.592. The van der Waals surface area contributed by atoms with Crippen molar-refractivity contribution in [2.75, 3.05) is 6.54 Å². The summed E-state index contributed by atoms with van der Waals surface area (Å²) in [7, 11) is 0. The fraction of sp³-hybridized carbons (Fsp3) is 0.167. The van der Waals surface area contributed by atoms with Crippen molar-refractivity contribution in [1.29, 1.82) is 0 Å². The molecule has 0 fully saturated rings. The zero-order valence-electron chi connectivity index (χ0n) is 10.3. The van der Waals surface area contributed by atoms with E-state index in [1.54, 1.807) is 12.4 Å². The Morgan fingerprint density at radius 2 is 2.25 bits per heavy atom. The van der Waals surface area contributed by atoms with Crippen LogP contribution in [0, 0.1) is 10.1 Å². The van der Waals surface area contributed by atoms with Crippen molar-refractivity contribution < 1.29 is 9.72 Å². The van der Waals surface area contributed by atoms with E-state index in [4.69, 9.17) is 11.6 Å². The molecule has 104 valence electrons. The molecule has 0 saturated heterocycles. The van der Waals surface area contributed by atoms with Gasteiger partial charge in [0.2, 0.25) is 0 Å². The van der Waals surface area contributed by atoms with E-state index in [1.807, 2.05) is 0 Å². The molecule has 0 aliphatic rings. The summed E-state index contributed by atoms with van der Waals surface area (Å²) >= 11 is 5.75. The molecular formula is C12H11ClN4O3. The van der Waals surface area contributed by atoms with Crippen molar-refractivity contribution in [3.8, 4) is 0 Å². The number of non-ortho nitro benzene ring substituents is 1. The first kappa shape index (κ1) is 14.0. The highest BCUT2D eigenvalue weighted by atomic mass is 35.5. The van der Waals surface area contributed by atoms with Gasteiger partial charge in [0.25, 0.3) is 11.6 Å². The molecule has 8 heteroatoms. The van der Waals surface area contributed by atoms with Crippen molar-refractivity contribution in [3.05, 3.63) is 57.1 Å². The molecular weight excluding hydrogens is 284 g/mol. The van der Waals surface area contributed by atoms with E-state index in [1.165, 1.54) is 18.2 Å². The van der Waals surface area contributed by atoms with Crippen LogP contribution in [0.25, 0.3) is 0 Å². The maximum Gasteiger partial charge on any atom is 0.271 e. The van der Waals surface area contributed by atoms with Gasteiger partial charge >= 0.3 is 0 Å². The first-order valence-corrected chi connectivity index (χ1v) is 6.15. The molecule has 1 heterocycles. The van der Waals surface area contributed by atoms with E-state index >= 15 is 0 Å². The number of nitro groups is 1. The number of hydrogen-bond acceptors (Lipinski definition) is 4. The van der Waals surface area contributed by atoms with Crippen molar-refractivity contribution in [2.45, 2.75) is 6.42 Å². The number of nitro benzene ring substituents is 1. The third-order valence-corrected chi connectivity index (χ3v) is 2.78. The van der Waals surface area contributed by atoms with Crippen LogP contribution < -0.4 is 5.32 Å². The second-order valence-corrected chi connectivity index (χ2v) is 4.43. The predicted molar refractivity (Wildman–Crippen MR) is 72.7 cm³/mol. The van der Waals surface area contributed by atoms with Gasteiger partial charge in [0.1, 0.15) is 5.82 Å². The summed E-state index contributed by atoms with van der Waals surface area (Å²) in [6.07, 6.45) is 3.86. The van der Waals surface area contributed by atoms with Gasteiger partial charge < -0.3 is 10.3 Å². The standard InChI is InChI=1S/C12H11ClN4O3/c13-9-5-8(6-10(7-9)17(19)20)12(18)16-2-1-11-14-3-4-15-11/h3-7H,1-2H2,(H,14,15)(H,16,18). The molecule has 1 aromatic heterocycles. The molecule has 7 nitrogen and oxygen atoms in total. The number of amides is 1. The molecule has 0 aliphatic carbocycles. The number of halogens is 1. The molecule has 0 unspecified atom stereocenters. The third-order valence-electron chi connectivity index (χ3n) is 2.56. The van der Waals surface area contributed by atoms with Crippen molar-refractivity contribution in [1.82, 2.24) is 15.3 Å². The second kappa shape index (κ2) is 6.16. The Hall–Kier alpha value is -2.41. The highest BCUT2D eigenvalue weighted by Gasteiger charge is 2.13. The molecule has 0 spiro atoms. The quantitative estimate of drug-likeness (QED) is 0.650. The maximum atomic E-state index is 11.9. The molecule has 1 aromatic carbocycles. The lowest BCUT2D eigenvalue weighted by Gasteiger charge is -2.04. The van der Waals surface area contributed by atoms with Crippen molar-refractivity contribution >= 4 is 23.2 Å². The SMILES string of the molecule is O=C(NCCc1ncc[nH]1)c1cc(Cl)cc([N+](=O)[O-])c1. The number of rotatable bonds is 5. The molecule has 2 rings (SSSR count). The van der Waals surface area contributed by atoms with Crippen LogP contribution in [0.2, 0.25) is 5.02 Å². The average Bonchev–Trinajstić information content (AvgIpc) is 2.91. The molecule has 0 aliphatic heterocycles. The zero-order chi connectivity index (χ0) is 14.5. The molecule has 2 aromatic rings. The van der Waals surface area contributed by atoms with E-state index in [0.29, 0.717) is 13.0 Å². The Morgan fingerprint density at radius 3 is 2.90 bits per heavy atom. The van der Waals surface area contributed by atoms with Crippen molar-refractivity contribution in [3.63, 3.8) is 0 Å². The highest BCUT2D eigenvalue weighted by Crippen LogP contribution is 2.20. The van der Waals surface area contributed by atoms with E-state index in [0.717, 1.165) is 5.82 Å². The number of nitrogens with zero attached hydrogens (tertiary/aromatic N) is 2. The van der Waals surface area contributed by atoms with Crippen molar-refractivity contribution in [2.24, 2.45) is 0 Å². The van der Waals surface area contributed by atoms with Crippen LogP contribution in [0.4, 0.5) is 5.69 Å². The molecule has 0 saturated carbocycles. The monoisotopic (exact) mass is 294 g/mol. The van der Waals surface area contributed by atoms with Gasteiger partial charge in [-0.05, 0) is 6.07 Å². The Balaban J connectivity index is 2.00. The topological polar surface area (TPSA) is 101 Å². The van der Waals surface area contributed by atoms with Crippen LogP contribution in [0.1, 0.15) is 16.2 Å². The normalized spacial score (nSPS) is 10.2. The lowest BCUT2D eigenvalue weighted by atomic mass is 10.2. The van der Waals surface area contributed by atoms with Gasteiger partial charge in [-0.15, -0.1) is 0 Å². The number of carbonyl (C=O) groups excluding carboxylic acids is 1. The van der Waals surface area contributed by atoms with Crippen LogP contribution in [0.3, 0.4) is 0 Å². The number of imidazole rings is 1. The molecule has 0 radical (unpaired) electrons. The van der Waals surface area contributed by atoms with Gasteiger partial charge in [0, 0.05) is 48.1 Å². The molecule has 0 bridgehead atoms. The van der Waals surface area contributed by atoms with E-state index < -0.39 is 10.8 Å². The maximum absolute atomic E-state index is 11.9. The Labute approximate surface area is 119 Å². The minimum absolute atomic E-state index is 0.149. The zero-order valence-corrected chi connectivity index (χ0v) is 11.1. The minimum Gasteiger partial charge on any atom is -0.352 e. The first-order valence-electron chi connectivity index (χ1n) is 5.77. The summed E-state index contributed by atoms with van der Waals surface area (Å²) in [4.78, 5) is 28.9. The number of aromatic amines is 1. The Morgan fingerprint density at radius 1 is 1.45 bits per heavy atom. The Kier molecular flexibility index (Phi) is 4.31. The fourth-order valence-electron chi connectivity index (χ4n) is 1.64. The summed E-state index contributed by atoms with van der Waals surface area (Å²) in [6.45, 7) is 0.368. The van der Waals surface area contributed by atoms with Gasteiger partial charge in [0.05, 0.1) is 4.92 Å².